The highest BCUT2D eigenvalue weighted by Gasteiger charge is 2.33. The number of nitrogens with zero attached hydrogens (tertiary/aromatic N) is 2. The molecule has 5 nitrogen and oxygen atoms in total. The Morgan fingerprint density at radius 3 is 2.77 bits per heavy atom. The first-order valence-electron chi connectivity index (χ1n) is 7.30. The van der Waals surface area contributed by atoms with E-state index in [1.807, 2.05) is 0 Å². The third-order valence-corrected chi connectivity index (χ3v) is 4.70. The molecule has 1 aliphatic rings. The predicted octanol–water partition coefficient (Wildman–Crippen LogP) is 4.10. The van der Waals surface area contributed by atoms with Crippen molar-refractivity contribution in [2.24, 2.45) is 0 Å². The van der Waals surface area contributed by atoms with Crippen LogP contribution >= 0.6 is 24.0 Å². The van der Waals surface area contributed by atoms with Crippen LogP contribution in [0.2, 0.25) is 0 Å². The Labute approximate surface area is 157 Å². The molecule has 1 saturated heterocycles. The minimum Gasteiger partial charge on any atom is -0.493 e. The van der Waals surface area contributed by atoms with Gasteiger partial charge in [0.25, 0.3) is 5.91 Å². The van der Waals surface area contributed by atoms with Crippen molar-refractivity contribution in [2.75, 3.05) is 12.0 Å². The number of rotatable bonds is 5. The van der Waals surface area contributed by atoms with Crippen molar-refractivity contribution in [1.29, 1.82) is 0 Å². The number of amides is 1. The summed E-state index contributed by atoms with van der Waals surface area (Å²) in [6, 6.07) is 7.93. The van der Waals surface area contributed by atoms with Crippen LogP contribution in [-0.2, 0) is 4.79 Å². The van der Waals surface area contributed by atoms with Gasteiger partial charge in [-0.3, -0.25) is 14.7 Å². The molecular weight excluding hydrogens is 382 g/mol. The third kappa shape index (κ3) is 3.83. The summed E-state index contributed by atoms with van der Waals surface area (Å²) in [6.45, 7) is -2.98. The van der Waals surface area contributed by atoms with Crippen LogP contribution in [0.1, 0.15) is 5.56 Å². The molecule has 134 valence electrons. The average Bonchev–Trinajstić information content (AvgIpc) is 2.89. The third-order valence-electron chi connectivity index (χ3n) is 3.40. The molecule has 1 aliphatic heterocycles. The normalized spacial score (nSPS) is 15.8. The smallest absolute Gasteiger partial charge is 0.387 e. The average molecular weight is 394 g/mol. The van der Waals surface area contributed by atoms with Gasteiger partial charge in [0.05, 0.1) is 23.9 Å². The molecule has 1 aromatic carbocycles. The predicted molar refractivity (Wildman–Crippen MR) is 99.5 cm³/mol. The molecule has 1 amide bonds. The second-order valence-corrected chi connectivity index (χ2v) is 6.69. The van der Waals surface area contributed by atoms with Crippen LogP contribution in [0.3, 0.4) is 0 Å². The van der Waals surface area contributed by atoms with Crippen LogP contribution in [0.5, 0.6) is 11.5 Å². The lowest BCUT2D eigenvalue weighted by atomic mass is 10.2. The molecule has 0 atom stereocenters. The summed E-state index contributed by atoms with van der Waals surface area (Å²) in [6.07, 6.45) is 4.70. The molecule has 0 spiro atoms. The summed E-state index contributed by atoms with van der Waals surface area (Å²) in [5.74, 6) is -0.246. The number of halogens is 2. The summed E-state index contributed by atoms with van der Waals surface area (Å²) in [5.41, 5.74) is 1.07. The van der Waals surface area contributed by atoms with Crippen LogP contribution in [0.25, 0.3) is 6.08 Å². The zero-order valence-corrected chi connectivity index (χ0v) is 15.0. The fourth-order valence-corrected chi connectivity index (χ4v) is 3.60. The number of aromatic nitrogens is 1. The SMILES string of the molecule is COc1ccc(/C=C2\SC(=S)N(c3cccnc3)C2=O)cc1OC(F)F. The van der Waals surface area contributed by atoms with Gasteiger partial charge >= 0.3 is 6.61 Å². The van der Waals surface area contributed by atoms with Gasteiger partial charge in [-0.1, -0.05) is 30.0 Å². The van der Waals surface area contributed by atoms with Crippen molar-refractivity contribution in [3.05, 3.63) is 53.2 Å². The highest BCUT2D eigenvalue weighted by molar-refractivity contribution is 8.27. The van der Waals surface area contributed by atoms with Crippen LogP contribution < -0.4 is 14.4 Å². The summed E-state index contributed by atoms with van der Waals surface area (Å²) < 4.78 is 34.9. The van der Waals surface area contributed by atoms with E-state index in [2.05, 4.69) is 9.72 Å². The van der Waals surface area contributed by atoms with E-state index in [0.29, 0.717) is 20.5 Å². The maximum atomic E-state index is 12.7. The van der Waals surface area contributed by atoms with E-state index in [4.69, 9.17) is 17.0 Å². The van der Waals surface area contributed by atoms with Crippen molar-refractivity contribution in [3.63, 3.8) is 0 Å². The Balaban J connectivity index is 1.91. The lowest BCUT2D eigenvalue weighted by molar-refractivity contribution is -0.113. The quantitative estimate of drug-likeness (QED) is 0.562. The molecule has 0 unspecified atom stereocenters. The summed E-state index contributed by atoms with van der Waals surface area (Å²) in [7, 11) is 1.35. The molecule has 0 aliphatic carbocycles. The molecule has 0 bridgehead atoms. The Morgan fingerprint density at radius 2 is 2.12 bits per heavy atom. The number of thioether (sulfide) groups is 1. The maximum absolute atomic E-state index is 12.7. The molecule has 2 aromatic rings. The zero-order valence-electron chi connectivity index (χ0n) is 13.4. The molecule has 1 aromatic heterocycles. The van der Waals surface area contributed by atoms with Gasteiger partial charge in [-0.05, 0) is 35.9 Å². The number of hydrogen-bond donors (Lipinski definition) is 0. The molecule has 1 fully saturated rings. The molecular formula is C17H12F2N2O3S2. The fourth-order valence-electron chi connectivity index (χ4n) is 2.30. The second kappa shape index (κ2) is 7.79. The van der Waals surface area contributed by atoms with E-state index >= 15 is 0 Å². The van der Waals surface area contributed by atoms with E-state index in [1.165, 1.54) is 30.3 Å². The molecule has 26 heavy (non-hydrogen) atoms. The summed E-state index contributed by atoms with van der Waals surface area (Å²) >= 11 is 6.39. The van der Waals surface area contributed by atoms with Gasteiger partial charge in [-0.2, -0.15) is 8.78 Å². The molecule has 0 saturated carbocycles. The Morgan fingerprint density at radius 1 is 1.31 bits per heavy atom. The standard InChI is InChI=1S/C17H12F2N2O3S2/c1-23-12-5-4-10(7-13(12)24-16(18)19)8-14-15(22)21(17(25)26-14)11-3-2-6-20-9-11/h2-9,16H,1H3/b14-8-. The van der Waals surface area contributed by atoms with E-state index in [0.717, 1.165) is 11.8 Å². The van der Waals surface area contributed by atoms with Crippen molar-refractivity contribution < 1.29 is 23.0 Å². The maximum Gasteiger partial charge on any atom is 0.387 e. The number of pyridine rings is 1. The van der Waals surface area contributed by atoms with Crippen LogP contribution in [-0.4, -0.2) is 28.9 Å². The Kier molecular flexibility index (Phi) is 5.48. The van der Waals surface area contributed by atoms with E-state index in [-0.39, 0.29) is 17.4 Å². The topological polar surface area (TPSA) is 51.7 Å². The number of carbonyl (C=O) groups excluding carboxylic acids is 1. The number of benzene rings is 1. The van der Waals surface area contributed by atoms with Gasteiger partial charge in [0.1, 0.15) is 0 Å². The number of ether oxygens (including phenoxy) is 2. The number of thiocarbonyl (C=S) groups is 1. The zero-order chi connectivity index (χ0) is 18.7. The summed E-state index contributed by atoms with van der Waals surface area (Å²) in [4.78, 5) is 18.4. The molecule has 3 rings (SSSR count). The molecule has 2 heterocycles. The second-order valence-electron chi connectivity index (χ2n) is 5.02. The first kappa shape index (κ1) is 18.3. The molecule has 9 heteroatoms. The largest absolute Gasteiger partial charge is 0.493 e. The Hall–Kier alpha value is -2.52. The number of anilines is 1. The van der Waals surface area contributed by atoms with Crippen LogP contribution in [0.15, 0.2) is 47.6 Å². The van der Waals surface area contributed by atoms with Crippen molar-refractivity contribution >= 4 is 46.0 Å². The minimum atomic E-state index is -2.98. The molecule has 0 radical (unpaired) electrons. The highest BCUT2D eigenvalue weighted by atomic mass is 32.2. The number of methoxy groups -OCH3 is 1. The van der Waals surface area contributed by atoms with Gasteiger partial charge in [0.2, 0.25) is 0 Å². The van der Waals surface area contributed by atoms with E-state index in [1.54, 1.807) is 30.5 Å². The Bertz CT molecular complexity index is 876. The highest BCUT2D eigenvalue weighted by Crippen LogP contribution is 2.37. The van der Waals surface area contributed by atoms with E-state index < -0.39 is 6.61 Å². The van der Waals surface area contributed by atoms with Crippen molar-refractivity contribution in [1.82, 2.24) is 4.98 Å². The van der Waals surface area contributed by atoms with Gasteiger partial charge < -0.3 is 9.47 Å². The minimum absolute atomic E-state index is 0.112. The van der Waals surface area contributed by atoms with Crippen molar-refractivity contribution in [2.45, 2.75) is 6.61 Å². The monoisotopic (exact) mass is 394 g/mol. The lowest BCUT2D eigenvalue weighted by Crippen LogP contribution is -2.27. The first-order chi connectivity index (χ1) is 12.5. The van der Waals surface area contributed by atoms with Crippen molar-refractivity contribution in [3.8, 4) is 11.5 Å². The number of carbonyl (C=O) groups is 1. The fraction of sp³-hybridized carbons (Fsp3) is 0.118. The van der Waals surface area contributed by atoms with Gasteiger partial charge in [0, 0.05) is 6.20 Å². The first-order valence-corrected chi connectivity index (χ1v) is 8.53. The lowest BCUT2D eigenvalue weighted by Gasteiger charge is -2.13. The number of hydrogen-bond acceptors (Lipinski definition) is 6. The van der Waals surface area contributed by atoms with Gasteiger partial charge in [-0.25, -0.2) is 0 Å². The summed E-state index contributed by atoms with van der Waals surface area (Å²) in [5, 5.41) is 0. The van der Waals surface area contributed by atoms with Crippen LogP contribution in [0.4, 0.5) is 14.5 Å². The molecule has 0 N–H and O–H groups in total. The van der Waals surface area contributed by atoms with Gasteiger partial charge in [-0.15, -0.1) is 0 Å². The van der Waals surface area contributed by atoms with Crippen LogP contribution in [0, 0.1) is 0 Å². The van der Waals surface area contributed by atoms with Gasteiger partial charge in [0.15, 0.2) is 15.8 Å². The number of alkyl halides is 2. The van der Waals surface area contributed by atoms with E-state index in [9.17, 15) is 13.6 Å².